The summed E-state index contributed by atoms with van der Waals surface area (Å²) < 4.78 is 34.2. The van der Waals surface area contributed by atoms with Gasteiger partial charge in [0, 0.05) is 12.1 Å². The van der Waals surface area contributed by atoms with E-state index in [1.807, 2.05) is 80.6 Å². The SMILES string of the molecule is CCOc1ccccc1/C=N\NC(=O)CN(Cc1ccccc1)S(=O)(=O)c1c(C)cc(C)cc1C. The van der Waals surface area contributed by atoms with Crippen LogP contribution in [0.25, 0.3) is 0 Å². The van der Waals surface area contributed by atoms with E-state index < -0.39 is 15.9 Å². The lowest BCUT2D eigenvalue weighted by Crippen LogP contribution is -2.39. The molecule has 3 aromatic carbocycles. The van der Waals surface area contributed by atoms with Gasteiger partial charge in [-0.2, -0.15) is 9.41 Å². The van der Waals surface area contributed by atoms with Crippen LogP contribution in [0.2, 0.25) is 0 Å². The van der Waals surface area contributed by atoms with Crippen molar-refractivity contribution in [2.75, 3.05) is 13.2 Å². The molecule has 0 aromatic heterocycles. The van der Waals surface area contributed by atoms with Crippen LogP contribution in [0.15, 0.2) is 76.7 Å². The van der Waals surface area contributed by atoms with Gasteiger partial charge in [0.1, 0.15) is 5.75 Å². The lowest BCUT2D eigenvalue weighted by molar-refractivity contribution is -0.121. The fourth-order valence-electron chi connectivity index (χ4n) is 3.96. The van der Waals surface area contributed by atoms with Crippen LogP contribution in [0, 0.1) is 20.8 Å². The minimum atomic E-state index is -3.96. The number of rotatable bonds is 10. The fraction of sp³-hybridized carbons (Fsp3) is 0.259. The van der Waals surface area contributed by atoms with Crippen molar-refractivity contribution in [1.29, 1.82) is 0 Å². The number of nitrogens with zero attached hydrogens (tertiary/aromatic N) is 2. The van der Waals surface area contributed by atoms with Crippen LogP contribution < -0.4 is 10.2 Å². The molecule has 0 unspecified atom stereocenters. The van der Waals surface area contributed by atoms with Crippen LogP contribution in [-0.2, 0) is 21.4 Å². The first-order valence-electron chi connectivity index (χ1n) is 11.4. The van der Waals surface area contributed by atoms with E-state index >= 15 is 0 Å². The molecular formula is C27H31N3O4S. The van der Waals surface area contributed by atoms with Crippen LogP contribution in [0.3, 0.4) is 0 Å². The number of aryl methyl sites for hydroxylation is 3. The largest absolute Gasteiger partial charge is 0.493 e. The number of carbonyl (C=O) groups excluding carboxylic acids is 1. The van der Waals surface area contributed by atoms with Gasteiger partial charge >= 0.3 is 0 Å². The maximum absolute atomic E-state index is 13.7. The van der Waals surface area contributed by atoms with Crippen molar-refractivity contribution in [2.24, 2.45) is 5.10 Å². The molecule has 8 heteroatoms. The minimum Gasteiger partial charge on any atom is -0.493 e. The third-order valence-corrected chi connectivity index (χ3v) is 7.43. The van der Waals surface area contributed by atoms with Gasteiger partial charge in [-0.1, -0.05) is 60.2 Å². The highest BCUT2D eigenvalue weighted by Crippen LogP contribution is 2.26. The second kappa shape index (κ2) is 11.8. The molecular weight excluding hydrogens is 462 g/mol. The first kappa shape index (κ1) is 26.1. The lowest BCUT2D eigenvalue weighted by Gasteiger charge is -2.24. The Morgan fingerprint density at radius 3 is 2.29 bits per heavy atom. The van der Waals surface area contributed by atoms with E-state index in [-0.39, 0.29) is 18.0 Å². The monoisotopic (exact) mass is 493 g/mol. The van der Waals surface area contributed by atoms with E-state index in [1.54, 1.807) is 13.8 Å². The first-order valence-corrected chi connectivity index (χ1v) is 12.8. The van der Waals surface area contributed by atoms with Gasteiger partial charge in [0.2, 0.25) is 10.0 Å². The maximum Gasteiger partial charge on any atom is 0.255 e. The molecule has 0 atom stereocenters. The molecule has 7 nitrogen and oxygen atoms in total. The van der Waals surface area contributed by atoms with Crippen LogP contribution in [-0.4, -0.2) is 38.0 Å². The predicted molar refractivity (Wildman–Crippen MR) is 138 cm³/mol. The second-order valence-corrected chi connectivity index (χ2v) is 10.1. The number of benzene rings is 3. The molecule has 0 saturated heterocycles. The highest BCUT2D eigenvalue weighted by atomic mass is 32.2. The molecule has 1 N–H and O–H groups in total. The Labute approximate surface area is 207 Å². The van der Waals surface area contributed by atoms with Crippen LogP contribution in [0.5, 0.6) is 5.75 Å². The first-order chi connectivity index (χ1) is 16.7. The average molecular weight is 494 g/mol. The number of ether oxygens (including phenoxy) is 1. The third kappa shape index (κ3) is 6.77. The third-order valence-electron chi connectivity index (χ3n) is 5.34. The summed E-state index contributed by atoms with van der Waals surface area (Å²) in [4.78, 5) is 13.0. The van der Waals surface area contributed by atoms with Gasteiger partial charge < -0.3 is 4.74 Å². The number of para-hydroxylation sites is 1. The van der Waals surface area contributed by atoms with Gasteiger partial charge in [-0.15, -0.1) is 0 Å². The molecule has 0 fully saturated rings. The van der Waals surface area contributed by atoms with Crippen molar-refractivity contribution in [3.8, 4) is 5.75 Å². The molecule has 0 saturated carbocycles. The van der Waals surface area contributed by atoms with Crippen LogP contribution in [0.4, 0.5) is 0 Å². The number of sulfonamides is 1. The standard InChI is InChI=1S/C27H31N3O4S/c1-5-34-25-14-10-9-13-24(25)17-28-29-26(31)19-30(18-23-11-7-6-8-12-23)35(32,33)27-21(3)15-20(2)16-22(27)4/h6-17H,5,18-19H2,1-4H3,(H,29,31)/b28-17-. The minimum absolute atomic E-state index is 0.0558. The van der Waals surface area contributed by atoms with Crippen molar-refractivity contribution in [3.05, 3.63) is 94.5 Å². The van der Waals surface area contributed by atoms with E-state index in [4.69, 9.17) is 4.74 Å². The molecule has 3 rings (SSSR count). The molecule has 0 aliphatic heterocycles. The van der Waals surface area contributed by atoms with Gasteiger partial charge in [0.15, 0.2) is 0 Å². The molecule has 1 amide bonds. The Bertz CT molecular complexity index is 1280. The highest BCUT2D eigenvalue weighted by Gasteiger charge is 2.30. The summed E-state index contributed by atoms with van der Waals surface area (Å²) in [5, 5.41) is 4.02. The summed E-state index contributed by atoms with van der Waals surface area (Å²) in [6.07, 6.45) is 1.48. The Kier molecular flexibility index (Phi) is 8.78. The van der Waals surface area contributed by atoms with Gasteiger partial charge in [0.25, 0.3) is 5.91 Å². The zero-order chi connectivity index (χ0) is 25.4. The van der Waals surface area contributed by atoms with Gasteiger partial charge in [0.05, 0.1) is 24.3 Å². The van der Waals surface area contributed by atoms with Crippen molar-refractivity contribution < 1.29 is 17.9 Å². The Morgan fingerprint density at radius 2 is 1.63 bits per heavy atom. The molecule has 0 heterocycles. The predicted octanol–water partition coefficient (Wildman–Crippen LogP) is 4.35. The van der Waals surface area contributed by atoms with E-state index in [0.717, 1.165) is 11.1 Å². The Morgan fingerprint density at radius 1 is 1.00 bits per heavy atom. The number of hydrazone groups is 1. The van der Waals surface area contributed by atoms with E-state index in [9.17, 15) is 13.2 Å². The van der Waals surface area contributed by atoms with E-state index in [1.165, 1.54) is 10.5 Å². The summed E-state index contributed by atoms with van der Waals surface area (Å²) in [6, 6.07) is 20.2. The molecule has 3 aromatic rings. The van der Waals surface area contributed by atoms with E-state index in [2.05, 4.69) is 10.5 Å². The van der Waals surface area contributed by atoms with Gasteiger partial charge in [-0.3, -0.25) is 4.79 Å². The quantitative estimate of drug-likeness (QED) is 0.336. The number of nitrogens with one attached hydrogen (secondary N) is 1. The summed E-state index contributed by atoms with van der Waals surface area (Å²) in [5.74, 6) is 0.101. The normalized spacial score (nSPS) is 11.7. The molecule has 0 spiro atoms. The van der Waals surface area contributed by atoms with Crippen LogP contribution in [0.1, 0.15) is 34.7 Å². The number of carbonyl (C=O) groups is 1. The van der Waals surface area contributed by atoms with E-state index in [0.29, 0.717) is 29.0 Å². The smallest absolute Gasteiger partial charge is 0.255 e. The molecule has 0 aliphatic rings. The number of hydrogen-bond acceptors (Lipinski definition) is 5. The average Bonchev–Trinajstić information content (AvgIpc) is 2.80. The highest BCUT2D eigenvalue weighted by molar-refractivity contribution is 7.89. The lowest BCUT2D eigenvalue weighted by atomic mass is 10.1. The summed E-state index contributed by atoms with van der Waals surface area (Å²) in [6.45, 7) is 7.53. The zero-order valence-corrected chi connectivity index (χ0v) is 21.3. The van der Waals surface area contributed by atoms with Crippen LogP contribution >= 0.6 is 0 Å². The topological polar surface area (TPSA) is 88.1 Å². The fourth-order valence-corrected chi connectivity index (χ4v) is 5.76. The second-order valence-electron chi connectivity index (χ2n) is 8.25. The molecule has 0 aliphatic carbocycles. The van der Waals surface area contributed by atoms with Crippen molar-refractivity contribution in [3.63, 3.8) is 0 Å². The number of amides is 1. The Hall–Kier alpha value is -3.49. The summed E-state index contributed by atoms with van der Waals surface area (Å²) in [5.41, 5.74) is 6.20. The van der Waals surface area contributed by atoms with Gasteiger partial charge in [-0.25, -0.2) is 13.8 Å². The summed E-state index contributed by atoms with van der Waals surface area (Å²) >= 11 is 0. The molecule has 184 valence electrons. The maximum atomic E-state index is 13.7. The Balaban J connectivity index is 1.85. The van der Waals surface area contributed by atoms with Gasteiger partial charge in [-0.05, 0) is 56.5 Å². The van der Waals surface area contributed by atoms with Crippen molar-refractivity contribution in [1.82, 2.24) is 9.73 Å². The van der Waals surface area contributed by atoms with Crippen molar-refractivity contribution in [2.45, 2.75) is 39.1 Å². The molecule has 35 heavy (non-hydrogen) atoms. The molecule has 0 bridgehead atoms. The summed E-state index contributed by atoms with van der Waals surface area (Å²) in [7, 11) is -3.96. The zero-order valence-electron chi connectivity index (χ0n) is 20.5. The number of hydrogen-bond donors (Lipinski definition) is 1. The van der Waals surface area contributed by atoms with Crippen molar-refractivity contribution >= 4 is 22.1 Å². The molecule has 0 radical (unpaired) electrons.